The minimum atomic E-state index is 0.389. The van der Waals surface area contributed by atoms with E-state index in [1.54, 1.807) is 0 Å². The standard InChI is InChI=1S/C15H19NO2/c1-16-6-2-3-11-7-12-10(8-13(11)16)4-5-14-15(12)18-9-17-14/h4-5,11,13H,2-3,6-9H2,1H3. The predicted octanol–water partition coefficient (Wildman–Crippen LogP) is 2.22. The first-order valence-corrected chi connectivity index (χ1v) is 6.93. The predicted molar refractivity (Wildman–Crippen MR) is 69.1 cm³/mol. The van der Waals surface area contributed by atoms with Crippen molar-refractivity contribution >= 4 is 0 Å². The Morgan fingerprint density at radius 1 is 1.22 bits per heavy atom. The lowest BCUT2D eigenvalue weighted by Crippen LogP contribution is -2.47. The summed E-state index contributed by atoms with van der Waals surface area (Å²) in [5.74, 6) is 2.77. The van der Waals surface area contributed by atoms with Crippen LogP contribution in [0.2, 0.25) is 0 Å². The molecule has 0 aromatic heterocycles. The normalized spacial score (nSPS) is 29.8. The number of fused-ring (bicyclic) bond motifs is 4. The monoisotopic (exact) mass is 245 g/mol. The van der Waals surface area contributed by atoms with Crippen molar-refractivity contribution in [2.24, 2.45) is 5.92 Å². The maximum atomic E-state index is 5.67. The van der Waals surface area contributed by atoms with Crippen LogP contribution in [0.15, 0.2) is 12.1 Å². The summed E-state index contributed by atoms with van der Waals surface area (Å²) in [5.41, 5.74) is 2.89. The number of nitrogens with zero attached hydrogens (tertiary/aromatic N) is 1. The average Bonchev–Trinajstić information content (AvgIpc) is 2.86. The van der Waals surface area contributed by atoms with Crippen LogP contribution >= 0.6 is 0 Å². The molecule has 1 fully saturated rings. The molecule has 18 heavy (non-hydrogen) atoms. The van der Waals surface area contributed by atoms with E-state index in [2.05, 4.69) is 24.1 Å². The molecule has 2 atom stereocenters. The van der Waals surface area contributed by atoms with E-state index in [0.29, 0.717) is 6.79 Å². The van der Waals surface area contributed by atoms with Crippen LogP contribution in [0.25, 0.3) is 0 Å². The largest absolute Gasteiger partial charge is 0.454 e. The summed E-state index contributed by atoms with van der Waals surface area (Å²) in [4.78, 5) is 2.54. The van der Waals surface area contributed by atoms with E-state index in [1.807, 2.05) is 0 Å². The molecule has 0 spiro atoms. The van der Waals surface area contributed by atoms with Crippen LogP contribution in [0.4, 0.5) is 0 Å². The number of piperidine rings is 1. The van der Waals surface area contributed by atoms with Crippen molar-refractivity contribution in [3.8, 4) is 11.5 Å². The number of benzene rings is 1. The lowest BCUT2D eigenvalue weighted by molar-refractivity contribution is 0.111. The van der Waals surface area contributed by atoms with Crippen molar-refractivity contribution in [3.63, 3.8) is 0 Å². The molecule has 3 nitrogen and oxygen atoms in total. The minimum absolute atomic E-state index is 0.389. The zero-order valence-electron chi connectivity index (χ0n) is 10.8. The summed E-state index contributed by atoms with van der Waals surface area (Å²) in [6.45, 7) is 1.64. The molecule has 3 heteroatoms. The van der Waals surface area contributed by atoms with Crippen LogP contribution in [0.5, 0.6) is 11.5 Å². The maximum Gasteiger partial charge on any atom is 0.231 e. The number of hydrogen-bond acceptors (Lipinski definition) is 3. The van der Waals surface area contributed by atoms with Crippen LogP contribution in [-0.4, -0.2) is 31.3 Å². The molecular weight excluding hydrogens is 226 g/mol. The van der Waals surface area contributed by atoms with Gasteiger partial charge in [0.15, 0.2) is 11.5 Å². The lowest BCUT2D eigenvalue weighted by Gasteiger charge is -2.43. The van der Waals surface area contributed by atoms with E-state index in [0.717, 1.165) is 29.9 Å². The smallest absolute Gasteiger partial charge is 0.231 e. The van der Waals surface area contributed by atoms with E-state index < -0.39 is 0 Å². The van der Waals surface area contributed by atoms with E-state index in [9.17, 15) is 0 Å². The summed E-state index contributed by atoms with van der Waals surface area (Å²) in [6.07, 6.45) is 5.03. The second-order valence-corrected chi connectivity index (χ2v) is 5.80. The first-order valence-electron chi connectivity index (χ1n) is 6.93. The van der Waals surface area contributed by atoms with Gasteiger partial charge in [-0.3, -0.25) is 0 Å². The molecule has 4 rings (SSSR count). The molecule has 1 aromatic carbocycles. The number of likely N-dealkylation sites (N-methyl/N-ethyl adjacent to an activating group) is 1. The van der Waals surface area contributed by atoms with E-state index >= 15 is 0 Å². The summed E-state index contributed by atoms with van der Waals surface area (Å²) in [5, 5.41) is 0. The zero-order valence-corrected chi connectivity index (χ0v) is 10.8. The van der Waals surface area contributed by atoms with Crippen LogP contribution in [0.1, 0.15) is 24.0 Å². The summed E-state index contributed by atoms with van der Waals surface area (Å²) < 4.78 is 11.2. The molecule has 1 aliphatic carbocycles. The molecule has 0 amide bonds. The Bertz CT molecular complexity index is 486. The third kappa shape index (κ3) is 1.46. The van der Waals surface area contributed by atoms with Crippen molar-refractivity contribution in [3.05, 3.63) is 23.3 Å². The van der Waals surface area contributed by atoms with Crippen LogP contribution < -0.4 is 9.47 Å². The van der Waals surface area contributed by atoms with Gasteiger partial charge in [0.2, 0.25) is 6.79 Å². The zero-order chi connectivity index (χ0) is 12.1. The van der Waals surface area contributed by atoms with Gasteiger partial charge in [-0.2, -0.15) is 0 Å². The van der Waals surface area contributed by atoms with E-state index in [4.69, 9.17) is 9.47 Å². The highest BCUT2D eigenvalue weighted by atomic mass is 16.7. The Morgan fingerprint density at radius 3 is 3.11 bits per heavy atom. The Balaban J connectivity index is 1.75. The number of rotatable bonds is 0. The molecule has 2 unspecified atom stereocenters. The van der Waals surface area contributed by atoms with Crippen molar-refractivity contribution < 1.29 is 9.47 Å². The quantitative estimate of drug-likeness (QED) is 0.699. The Labute approximate surface area is 108 Å². The van der Waals surface area contributed by atoms with Crippen LogP contribution in [-0.2, 0) is 12.8 Å². The molecule has 0 radical (unpaired) electrons. The van der Waals surface area contributed by atoms with Crippen molar-refractivity contribution in [2.75, 3.05) is 20.4 Å². The van der Waals surface area contributed by atoms with Crippen LogP contribution in [0.3, 0.4) is 0 Å². The van der Waals surface area contributed by atoms with Gasteiger partial charge < -0.3 is 14.4 Å². The first kappa shape index (κ1) is 10.7. The van der Waals surface area contributed by atoms with E-state index in [1.165, 1.54) is 36.9 Å². The fourth-order valence-corrected chi connectivity index (χ4v) is 3.85. The van der Waals surface area contributed by atoms with Gasteiger partial charge in [0.05, 0.1) is 0 Å². The molecule has 2 aliphatic heterocycles. The van der Waals surface area contributed by atoms with Gasteiger partial charge in [-0.25, -0.2) is 0 Å². The van der Waals surface area contributed by atoms with Crippen molar-refractivity contribution in [1.82, 2.24) is 4.90 Å². The molecule has 0 saturated carbocycles. The van der Waals surface area contributed by atoms with Crippen LogP contribution in [0, 0.1) is 5.92 Å². The molecule has 2 heterocycles. The molecule has 1 aromatic rings. The molecule has 3 aliphatic rings. The van der Waals surface area contributed by atoms with Gasteiger partial charge >= 0.3 is 0 Å². The number of ether oxygens (including phenoxy) is 2. The Hall–Kier alpha value is -1.22. The number of likely N-dealkylation sites (tertiary alicyclic amines) is 1. The van der Waals surface area contributed by atoms with Crippen molar-refractivity contribution in [2.45, 2.75) is 31.7 Å². The fraction of sp³-hybridized carbons (Fsp3) is 0.600. The topological polar surface area (TPSA) is 21.7 Å². The second-order valence-electron chi connectivity index (χ2n) is 5.80. The SMILES string of the molecule is CN1CCCC2Cc3c(ccc4c3OCO4)CC21. The average molecular weight is 245 g/mol. The number of hydrogen-bond donors (Lipinski definition) is 0. The van der Waals surface area contributed by atoms with Gasteiger partial charge in [-0.15, -0.1) is 0 Å². The van der Waals surface area contributed by atoms with Gasteiger partial charge in [-0.1, -0.05) is 6.07 Å². The molecule has 1 saturated heterocycles. The lowest BCUT2D eigenvalue weighted by atomic mass is 9.75. The molecular formula is C15H19NO2. The summed E-state index contributed by atoms with van der Waals surface area (Å²) in [7, 11) is 2.27. The highest BCUT2D eigenvalue weighted by molar-refractivity contribution is 5.53. The third-order valence-corrected chi connectivity index (χ3v) is 4.83. The Kier molecular flexibility index (Phi) is 2.31. The molecule has 0 bridgehead atoms. The van der Waals surface area contributed by atoms with Gasteiger partial charge in [-0.05, 0) is 56.8 Å². The van der Waals surface area contributed by atoms with Gasteiger partial charge in [0.25, 0.3) is 0 Å². The van der Waals surface area contributed by atoms with Crippen molar-refractivity contribution in [1.29, 1.82) is 0 Å². The molecule has 96 valence electrons. The fourth-order valence-electron chi connectivity index (χ4n) is 3.85. The maximum absolute atomic E-state index is 5.67. The highest BCUT2D eigenvalue weighted by Gasteiger charge is 2.36. The minimum Gasteiger partial charge on any atom is -0.454 e. The van der Waals surface area contributed by atoms with E-state index in [-0.39, 0.29) is 0 Å². The van der Waals surface area contributed by atoms with Gasteiger partial charge in [0.1, 0.15) is 0 Å². The third-order valence-electron chi connectivity index (χ3n) is 4.83. The summed E-state index contributed by atoms with van der Waals surface area (Å²) >= 11 is 0. The highest BCUT2D eigenvalue weighted by Crippen LogP contribution is 2.44. The second kappa shape index (κ2) is 3.89. The molecule has 0 N–H and O–H groups in total. The summed E-state index contributed by atoms with van der Waals surface area (Å²) in [6, 6.07) is 5.04. The van der Waals surface area contributed by atoms with Gasteiger partial charge in [0, 0.05) is 11.6 Å². The Morgan fingerprint density at radius 2 is 2.17 bits per heavy atom. The first-order chi connectivity index (χ1) is 8.83.